The summed E-state index contributed by atoms with van der Waals surface area (Å²) in [6.45, 7) is 9.14. The largest absolute Gasteiger partial charge is 0.364 e. The monoisotopic (exact) mass is 475 g/mol. The van der Waals surface area contributed by atoms with Crippen molar-refractivity contribution in [1.82, 2.24) is 19.5 Å². The molecule has 34 heavy (non-hydrogen) atoms. The number of aromatic nitrogens is 3. The van der Waals surface area contributed by atoms with Crippen molar-refractivity contribution in [1.29, 1.82) is 0 Å². The van der Waals surface area contributed by atoms with Crippen LogP contribution in [0.4, 0.5) is 21.4 Å². The van der Waals surface area contributed by atoms with Gasteiger partial charge in [-0.05, 0) is 32.9 Å². The van der Waals surface area contributed by atoms with Crippen LogP contribution in [0.3, 0.4) is 0 Å². The van der Waals surface area contributed by atoms with Gasteiger partial charge in [0, 0.05) is 43.0 Å². The average molecular weight is 476 g/mol. The summed E-state index contributed by atoms with van der Waals surface area (Å²) < 4.78 is 1.92. The first-order valence-corrected chi connectivity index (χ1v) is 12.3. The molecule has 2 aromatic heterocycles. The van der Waals surface area contributed by atoms with E-state index < -0.39 is 0 Å². The van der Waals surface area contributed by atoms with Crippen molar-refractivity contribution in [2.75, 3.05) is 41.7 Å². The second kappa shape index (κ2) is 8.98. The summed E-state index contributed by atoms with van der Waals surface area (Å²) in [6, 6.07) is 19.7. The van der Waals surface area contributed by atoms with Gasteiger partial charge in [0.1, 0.15) is 5.69 Å². The molecule has 9 heteroatoms. The molecule has 3 heterocycles. The van der Waals surface area contributed by atoms with Crippen LogP contribution in [0.1, 0.15) is 20.8 Å². The van der Waals surface area contributed by atoms with E-state index in [4.69, 9.17) is 10.1 Å². The zero-order valence-corrected chi connectivity index (χ0v) is 20.5. The van der Waals surface area contributed by atoms with Crippen molar-refractivity contribution < 1.29 is 4.79 Å². The van der Waals surface area contributed by atoms with Crippen LogP contribution in [-0.4, -0.2) is 57.2 Å². The number of hydrogen-bond acceptors (Lipinski definition) is 6. The number of amides is 2. The van der Waals surface area contributed by atoms with Crippen molar-refractivity contribution in [2.45, 2.75) is 26.3 Å². The van der Waals surface area contributed by atoms with Crippen molar-refractivity contribution in [3.63, 3.8) is 0 Å². The molecule has 2 amide bonds. The Balaban J connectivity index is 1.33. The van der Waals surface area contributed by atoms with Gasteiger partial charge >= 0.3 is 6.03 Å². The van der Waals surface area contributed by atoms with Gasteiger partial charge in [-0.15, -0.1) is 5.10 Å². The van der Waals surface area contributed by atoms with Gasteiger partial charge in [-0.3, -0.25) is 0 Å². The first-order valence-electron chi connectivity index (χ1n) is 11.5. The maximum Gasteiger partial charge on any atom is 0.321 e. The molecule has 1 fully saturated rings. The number of urea groups is 1. The van der Waals surface area contributed by atoms with Crippen LogP contribution in [-0.2, 0) is 0 Å². The molecule has 0 spiro atoms. The predicted octanol–water partition coefficient (Wildman–Crippen LogP) is 5.02. The summed E-state index contributed by atoms with van der Waals surface area (Å²) in [6.07, 6.45) is 0. The number of fused-ring (bicyclic) bond motifs is 1. The van der Waals surface area contributed by atoms with E-state index in [9.17, 15) is 4.79 Å². The first-order chi connectivity index (χ1) is 16.4. The normalized spacial score (nSPS) is 14.4. The van der Waals surface area contributed by atoms with Crippen LogP contribution in [0.15, 0.2) is 60.7 Å². The summed E-state index contributed by atoms with van der Waals surface area (Å²) in [5, 5.41) is 12.4. The second-order valence-corrected chi connectivity index (χ2v) is 10.3. The van der Waals surface area contributed by atoms with E-state index in [1.807, 2.05) is 57.9 Å². The number of rotatable bonds is 4. The van der Waals surface area contributed by atoms with Crippen LogP contribution in [0.5, 0.6) is 0 Å². The number of anilines is 3. The minimum atomic E-state index is -0.138. The van der Waals surface area contributed by atoms with Crippen molar-refractivity contribution in [2.24, 2.45) is 0 Å². The van der Waals surface area contributed by atoms with E-state index in [1.165, 1.54) is 0 Å². The molecule has 0 bridgehead atoms. The summed E-state index contributed by atoms with van der Waals surface area (Å²) in [7, 11) is 0. The molecule has 4 aromatic rings. The van der Waals surface area contributed by atoms with E-state index in [1.54, 1.807) is 11.3 Å². The van der Waals surface area contributed by atoms with E-state index in [0.717, 1.165) is 45.9 Å². The van der Waals surface area contributed by atoms with Gasteiger partial charge < -0.3 is 20.4 Å². The third-order valence-corrected chi connectivity index (χ3v) is 6.57. The molecule has 1 saturated heterocycles. The van der Waals surface area contributed by atoms with E-state index in [-0.39, 0.29) is 11.6 Å². The van der Waals surface area contributed by atoms with Gasteiger partial charge in [-0.2, -0.15) is 4.52 Å². The fraction of sp³-hybridized carbons (Fsp3) is 0.320. The lowest BCUT2D eigenvalue weighted by Crippen LogP contribution is -2.50. The van der Waals surface area contributed by atoms with Gasteiger partial charge in [-0.1, -0.05) is 59.9 Å². The highest BCUT2D eigenvalue weighted by Gasteiger charge is 2.26. The van der Waals surface area contributed by atoms with Crippen LogP contribution in [0, 0.1) is 0 Å². The van der Waals surface area contributed by atoms with Crippen molar-refractivity contribution in [3.05, 3.63) is 60.7 Å². The maximum absolute atomic E-state index is 12.6. The lowest BCUT2D eigenvalue weighted by molar-refractivity contribution is 0.208. The number of carbonyl (C=O) groups excluding carboxylic acids is 1. The van der Waals surface area contributed by atoms with E-state index >= 15 is 0 Å². The Morgan fingerprint density at radius 3 is 2.24 bits per heavy atom. The molecule has 0 radical (unpaired) electrons. The molecule has 0 saturated carbocycles. The summed E-state index contributed by atoms with van der Waals surface area (Å²) in [5.41, 5.74) is 2.64. The highest BCUT2D eigenvalue weighted by molar-refractivity contribution is 7.20. The maximum atomic E-state index is 12.6. The molecule has 0 unspecified atom stereocenters. The van der Waals surface area contributed by atoms with Gasteiger partial charge in [-0.25, -0.2) is 9.78 Å². The SMILES string of the molecule is CC(C)(C)Nc1c(-c2ccccc2)nc2sc(N3CCN(C(=O)Nc4ccccc4)CC3)nn12. The van der Waals surface area contributed by atoms with Crippen LogP contribution < -0.4 is 15.5 Å². The molecule has 0 aliphatic carbocycles. The number of imidazole rings is 1. The number of nitrogens with one attached hydrogen (secondary N) is 2. The van der Waals surface area contributed by atoms with Crippen molar-refractivity contribution in [3.8, 4) is 11.3 Å². The fourth-order valence-electron chi connectivity index (χ4n) is 3.96. The topological polar surface area (TPSA) is 77.8 Å². The number of piperazine rings is 1. The Kier molecular flexibility index (Phi) is 5.87. The number of benzene rings is 2. The van der Waals surface area contributed by atoms with Crippen molar-refractivity contribution >= 4 is 39.0 Å². The number of hydrogen-bond donors (Lipinski definition) is 2. The van der Waals surface area contributed by atoms with Crippen LogP contribution >= 0.6 is 11.3 Å². The van der Waals surface area contributed by atoms with Gasteiger partial charge in [0.05, 0.1) is 0 Å². The van der Waals surface area contributed by atoms with Crippen LogP contribution in [0.2, 0.25) is 0 Å². The molecule has 5 rings (SSSR count). The number of nitrogens with zero attached hydrogens (tertiary/aromatic N) is 5. The zero-order chi connectivity index (χ0) is 23.7. The average Bonchev–Trinajstić information content (AvgIpc) is 3.39. The molecule has 0 atom stereocenters. The molecule has 1 aliphatic heterocycles. The molecule has 8 nitrogen and oxygen atoms in total. The summed E-state index contributed by atoms with van der Waals surface area (Å²) >= 11 is 1.58. The second-order valence-electron chi connectivity index (χ2n) is 9.40. The Morgan fingerprint density at radius 1 is 0.941 bits per heavy atom. The van der Waals surface area contributed by atoms with Gasteiger partial charge in [0.2, 0.25) is 10.1 Å². The smallest absolute Gasteiger partial charge is 0.321 e. The number of carbonyl (C=O) groups is 1. The standard InChI is InChI=1S/C25H29N7OS/c1-25(2,3)28-21-20(18-10-6-4-7-11-18)27-23-32(21)29-24(34-23)31-16-14-30(15-17-31)22(33)26-19-12-8-5-9-13-19/h4-13,28H,14-17H2,1-3H3,(H,26,33). The molecule has 176 valence electrons. The Hall–Kier alpha value is -3.59. The highest BCUT2D eigenvalue weighted by Crippen LogP contribution is 2.34. The summed E-state index contributed by atoms with van der Waals surface area (Å²) in [4.78, 5) is 22.5. The van der Waals surface area contributed by atoms with E-state index in [2.05, 4.69) is 48.4 Å². The lowest BCUT2D eigenvalue weighted by Gasteiger charge is -2.34. The highest BCUT2D eigenvalue weighted by atomic mass is 32.1. The zero-order valence-electron chi connectivity index (χ0n) is 19.7. The predicted molar refractivity (Wildman–Crippen MR) is 139 cm³/mol. The Bertz CT molecular complexity index is 1270. The van der Waals surface area contributed by atoms with Crippen LogP contribution in [0.25, 0.3) is 16.2 Å². The van der Waals surface area contributed by atoms with Gasteiger partial charge in [0.25, 0.3) is 0 Å². The lowest BCUT2D eigenvalue weighted by atomic mass is 10.1. The third kappa shape index (κ3) is 4.70. The Morgan fingerprint density at radius 2 is 1.59 bits per heavy atom. The molecular formula is C25H29N7OS. The molecule has 2 N–H and O–H groups in total. The molecular weight excluding hydrogens is 446 g/mol. The third-order valence-electron chi connectivity index (χ3n) is 5.60. The minimum absolute atomic E-state index is 0.0658. The first kappa shape index (κ1) is 22.2. The number of para-hydroxylation sites is 1. The summed E-state index contributed by atoms with van der Waals surface area (Å²) in [5.74, 6) is 0.900. The quantitative estimate of drug-likeness (QED) is 0.433. The molecule has 2 aromatic carbocycles. The minimum Gasteiger partial charge on any atom is -0.364 e. The van der Waals surface area contributed by atoms with E-state index in [0.29, 0.717) is 13.1 Å². The molecule has 1 aliphatic rings. The van der Waals surface area contributed by atoms with Gasteiger partial charge in [0.15, 0.2) is 5.82 Å². The Labute approximate surface area is 203 Å². The fourth-order valence-corrected chi connectivity index (χ4v) is 4.91.